The van der Waals surface area contributed by atoms with Crippen molar-refractivity contribution in [3.8, 4) is 0 Å². The van der Waals surface area contributed by atoms with E-state index in [-0.39, 0.29) is 29.9 Å². The molecular formula is C34H54N4O3. The van der Waals surface area contributed by atoms with Gasteiger partial charge in [-0.3, -0.25) is 9.59 Å². The Bertz CT molecular complexity index is 1070. The van der Waals surface area contributed by atoms with Crippen molar-refractivity contribution in [2.45, 2.75) is 128 Å². The molecule has 41 heavy (non-hydrogen) atoms. The van der Waals surface area contributed by atoms with E-state index in [0.29, 0.717) is 84.5 Å². The van der Waals surface area contributed by atoms with Crippen LogP contribution in [0.3, 0.4) is 0 Å². The van der Waals surface area contributed by atoms with E-state index < -0.39 is 0 Å². The van der Waals surface area contributed by atoms with Crippen LogP contribution in [-0.2, 0) is 14.3 Å². The van der Waals surface area contributed by atoms with Gasteiger partial charge in [0.25, 0.3) is 0 Å². The first-order chi connectivity index (χ1) is 19.7. The van der Waals surface area contributed by atoms with Crippen molar-refractivity contribution in [1.29, 1.82) is 0 Å². The number of ether oxygens (including phenoxy) is 1. The number of rotatable bonds is 5. The first kappa shape index (κ1) is 29.5. The summed E-state index contributed by atoms with van der Waals surface area (Å²) in [4.78, 5) is 25.9. The molecule has 1 saturated carbocycles. The van der Waals surface area contributed by atoms with Crippen LogP contribution >= 0.6 is 0 Å². The van der Waals surface area contributed by atoms with Gasteiger partial charge in [-0.15, -0.1) is 6.58 Å². The summed E-state index contributed by atoms with van der Waals surface area (Å²) in [5.41, 5.74) is 3.11. The Balaban J connectivity index is 1.35. The molecule has 5 aliphatic heterocycles. The summed E-state index contributed by atoms with van der Waals surface area (Å²) < 4.78 is 5.04. The van der Waals surface area contributed by atoms with Gasteiger partial charge in [-0.1, -0.05) is 44.9 Å². The number of fused-ring (bicyclic) bond motifs is 8. The van der Waals surface area contributed by atoms with E-state index >= 15 is 0 Å². The molecule has 8 bridgehead atoms. The quantitative estimate of drug-likeness (QED) is 0.298. The van der Waals surface area contributed by atoms with E-state index in [2.05, 4.69) is 68.5 Å². The maximum Gasteiger partial charge on any atom is 0.305 e. The third-order valence-electron chi connectivity index (χ3n) is 12.9. The van der Waals surface area contributed by atoms with E-state index in [1.807, 2.05) is 0 Å². The zero-order chi connectivity index (χ0) is 29.2. The van der Waals surface area contributed by atoms with E-state index in [1.54, 1.807) is 5.57 Å². The molecule has 0 radical (unpaired) electrons. The van der Waals surface area contributed by atoms with Crippen LogP contribution in [0.1, 0.15) is 79.6 Å². The van der Waals surface area contributed by atoms with Gasteiger partial charge in [0.15, 0.2) is 0 Å². The average Bonchev–Trinajstić information content (AvgIpc) is 3.70. The molecule has 5 fully saturated rings. The third kappa shape index (κ3) is 4.97. The predicted octanol–water partition coefficient (Wildman–Crippen LogP) is 3.74. The highest BCUT2D eigenvalue weighted by Crippen LogP contribution is 2.49. The summed E-state index contributed by atoms with van der Waals surface area (Å²) in [5, 5.41) is 16.4. The van der Waals surface area contributed by atoms with Crippen LogP contribution in [0.25, 0.3) is 0 Å². The van der Waals surface area contributed by atoms with Gasteiger partial charge >= 0.3 is 5.97 Å². The number of carbonyl (C=O) groups excluding carboxylic acids is 2. The van der Waals surface area contributed by atoms with Crippen molar-refractivity contribution in [3.05, 3.63) is 23.8 Å². The van der Waals surface area contributed by atoms with Crippen LogP contribution in [0.15, 0.2) is 23.8 Å². The lowest BCUT2D eigenvalue weighted by molar-refractivity contribution is -0.141. The summed E-state index contributed by atoms with van der Waals surface area (Å²) in [6.45, 7) is 16.0. The Morgan fingerprint density at radius 1 is 0.927 bits per heavy atom. The number of methoxy groups -OCH3 is 1. The van der Waals surface area contributed by atoms with Crippen LogP contribution in [0.4, 0.5) is 0 Å². The maximum atomic E-state index is 13.6. The second-order valence-corrected chi connectivity index (χ2v) is 14.5. The number of hydrogen-bond acceptors (Lipinski definition) is 7. The number of esters is 1. The molecular weight excluding hydrogens is 512 g/mol. The van der Waals surface area contributed by atoms with Gasteiger partial charge in [0.1, 0.15) is 5.78 Å². The van der Waals surface area contributed by atoms with E-state index in [1.165, 1.54) is 12.7 Å². The third-order valence-corrected chi connectivity index (χ3v) is 12.9. The van der Waals surface area contributed by atoms with Crippen molar-refractivity contribution >= 4 is 11.8 Å². The summed E-state index contributed by atoms with van der Waals surface area (Å²) in [7, 11) is 1.48. The van der Waals surface area contributed by atoms with E-state index in [9.17, 15) is 9.59 Å². The van der Waals surface area contributed by atoms with Gasteiger partial charge in [0.05, 0.1) is 7.11 Å². The second-order valence-electron chi connectivity index (χ2n) is 14.5. The van der Waals surface area contributed by atoms with Gasteiger partial charge in [-0.2, -0.15) is 0 Å². The number of ketones is 1. The predicted molar refractivity (Wildman–Crippen MR) is 162 cm³/mol. The minimum Gasteiger partial charge on any atom is -0.469 e. The zero-order valence-corrected chi connectivity index (χ0v) is 26.1. The van der Waals surface area contributed by atoms with Crippen LogP contribution in [0, 0.1) is 41.4 Å². The molecule has 4 N–H and O–H groups in total. The van der Waals surface area contributed by atoms with Gasteiger partial charge in [-0.05, 0) is 74.5 Å². The zero-order valence-electron chi connectivity index (χ0n) is 26.1. The lowest BCUT2D eigenvalue weighted by Crippen LogP contribution is -2.48. The Morgan fingerprint density at radius 3 is 2.32 bits per heavy atom. The second kappa shape index (κ2) is 11.5. The normalized spacial score (nSPS) is 49.1. The molecule has 4 saturated heterocycles. The Hall–Kier alpha value is -1.54. The molecule has 7 heteroatoms. The van der Waals surface area contributed by atoms with Crippen LogP contribution in [-0.4, -0.2) is 67.2 Å². The number of Topliss-reactive ketones (excluding diaryl/α,β-unsaturated/α-hetero) is 1. The Labute approximate surface area is 247 Å². The topological polar surface area (TPSA) is 91.5 Å². The van der Waals surface area contributed by atoms with Gasteiger partial charge in [0.2, 0.25) is 0 Å². The Morgan fingerprint density at radius 2 is 1.61 bits per heavy atom. The maximum absolute atomic E-state index is 13.6. The van der Waals surface area contributed by atoms with Crippen LogP contribution in [0.2, 0.25) is 0 Å². The molecule has 0 amide bonds. The molecule has 0 aromatic carbocycles. The summed E-state index contributed by atoms with van der Waals surface area (Å²) >= 11 is 0. The van der Waals surface area contributed by atoms with Crippen molar-refractivity contribution < 1.29 is 14.3 Å². The number of nitrogens with one attached hydrogen (secondary N) is 4. The average molecular weight is 567 g/mol. The fraction of sp³-hybridized carbons (Fsp3) is 0.824. The van der Waals surface area contributed by atoms with Crippen molar-refractivity contribution in [2.75, 3.05) is 7.11 Å². The number of carbonyl (C=O) groups is 2. The molecule has 15 atom stereocenters. The van der Waals surface area contributed by atoms with Crippen molar-refractivity contribution in [1.82, 2.24) is 21.3 Å². The molecule has 6 aliphatic rings. The minimum atomic E-state index is -0.133. The molecule has 0 aromatic heterocycles. The van der Waals surface area contributed by atoms with Gasteiger partial charge < -0.3 is 26.0 Å². The fourth-order valence-electron chi connectivity index (χ4n) is 10.6. The Kier molecular flexibility index (Phi) is 8.29. The highest BCUT2D eigenvalue weighted by atomic mass is 16.5. The van der Waals surface area contributed by atoms with Gasteiger partial charge in [0, 0.05) is 67.1 Å². The SMILES string of the molecule is C=CC1C2CC3NC(CC4NC5C(CC(=O)C5C4C)C4NC(CC(N2)C1C)C(C)C4CCC(=O)OC)C(CC)=C3C. The van der Waals surface area contributed by atoms with Crippen molar-refractivity contribution in [3.63, 3.8) is 0 Å². The van der Waals surface area contributed by atoms with Crippen LogP contribution in [0.5, 0.6) is 0 Å². The van der Waals surface area contributed by atoms with E-state index in [0.717, 1.165) is 32.1 Å². The molecule has 0 spiro atoms. The largest absolute Gasteiger partial charge is 0.469 e. The lowest BCUT2D eigenvalue weighted by Gasteiger charge is -2.32. The summed E-state index contributed by atoms with van der Waals surface area (Å²) in [6, 6.07) is 2.70. The summed E-state index contributed by atoms with van der Waals surface area (Å²) in [6.07, 6.45) is 8.36. The summed E-state index contributed by atoms with van der Waals surface area (Å²) in [5.74, 6) is 2.73. The van der Waals surface area contributed by atoms with Crippen molar-refractivity contribution in [2.24, 2.45) is 41.4 Å². The monoisotopic (exact) mass is 566 g/mol. The molecule has 7 nitrogen and oxygen atoms in total. The molecule has 1 aliphatic carbocycles. The molecule has 0 aromatic rings. The first-order valence-electron chi connectivity index (χ1n) is 16.6. The molecule has 6 rings (SSSR count). The minimum absolute atomic E-state index is 0.0940. The molecule has 5 heterocycles. The van der Waals surface area contributed by atoms with Gasteiger partial charge in [-0.25, -0.2) is 0 Å². The smallest absolute Gasteiger partial charge is 0.305 e. The lowest BCUT2D eigenvalue weighted by atomic mass is 9.77. The van der Waals surface area contributed by atoms with E-state index in [4.69, 9.17) is 4.74 Å². The highest BCUT2D eigenvalue weighted by Gasteiger charge is 2.58. The standard InChI is InChI=1S/C34H54N4O3/c1-8-20-16(3)24-13-26-18(5)22(10-11-31(40)41-7)33(37-26)23-12-30(39)32-19(6)27(38-34(23)32)15-29-21(9-2)17(4)25(36-29)14-28(20)35-24/h8,16,18-20,22-29,32-38H,1,9-15H2,2-7H3. The molecule has 15 unspecified atom stereocenters. The highest BCUT2D eigenvalue weighted by molar-refractivity contribution is 5.85. The van der Waals surface area contributed by atoms with Crippen LogP contribution < -0.4 is 21.3 Å². The molecule has 228 valence electrons. The number of hydrogen-bond donors (Lipinski definition) is 4. The first-order valence-corrected chi connectivity index (χ1v) is 16.6. The fourth-order valence-corrected chi connectivity index (χ4v) is 10.6.